The molecular formula is C20H29N3O. The second kappa shape index (κ2) is 8.34. The maximum absolute atomic E-state index is 5.43. The Balaban J connectivity index is 1.69. The van der Waals surface area contributed by atoms with Gasteiger partial charge in [0.05, 0.1) is 18.3 Å². The average Bonchev–Trinajstić information content (AvgIpc) is 2.65. The molecular weight excluding hydrogens is 298 g/mol. The van der Waals surface area contributed by atoms with Gasteiger partial charge in [-0.15, -0.1) is 0 Å². The van der Waals surface area contributed by atoms with Gasteiger partial charge in [-0.25, -0.2) is 0 Å². The van der Waals surface area contributed by atoms with Gasteiger partial charge in [0.15, 0.2) is 0 Å². The molecule has 1 aliphatic carbocycles. The molecule has 0 saturated heterocycles. The summed E-state index contributed by atoms with van der Waals surface area (Å²) in [5.41, 5.74) is 2.06. The van der Waals surface area contributed by atoms with Crippen molar-refractivity contribution in [2.75, 3.05) is 19.0 Å². The van der Waals surface area contributed by atoms with Crippen molar-refractivity contribution in [2.24, 2.45) is 0 Å². The molecule has 4 heteroatoms. The first kappa shape index (κ1) is 17.0. The topological polar surface area (TPSA) is 46.2 Å². The van der Waals surface area contributed by atoms with Crippen LogP contribution in [0.4, 0.5) is 5.69 Å². The number of nitrogens with one attached hydrogen (secondary N) is 2. The zero-order valence-corrected chi connectivity index (χ0v) is 14.8. The van der Waals surface area contributed by atoms with Gasteiger partial charge in [-0.2, -0.15) is 0 Å². The van der Waals surface area contributed by atoms with Gasteiger partial charge in [0.1, 0.15) is 5.75 Å². The number of benzene rings is 1. The Labute approximate surface area is 145 Å². The van der Waals surface area contributed by atoms with E-state index in [1.807, 2.05) is 24.4 Å². The number of nitrogens with zero attached hydrogens (tertiary/aromatic N) is 1. The minimum absolute atomic E-state index is 0.484. The predicted octanol–water partition coefficient (Wildman–Crippen LogP) is 4.36. The molecule has 1 atom stereocenters. The monoisotopic (exact) mass is 327 g/mol. The predicted molar refractivity (Wildman–Crippen MR) is 101 cm³/mol. The molecule has 0 unspecified atom stereocenters. The van der Waals surface area contributed by atoms with Crippen molar-refractivity contribution in [3.63, 3.8) is 0 Å². The number of aromatic nitrogens is 1. The minimum Gasteiger partial charge on any atom is -0.497 e. The van der Waals surface area contributed by atoms with E-state index in [1.54, 1.807) is 7.11 Å². The van der Waals surface area contributed by atoms with Gasteiger partial charge in [0, 0.05) is 36.3 Å². The van der Waals surface area contributed by atoms with E-state index < -0.39 is 0 Å². The maximum Gasteiger partial charge on any atom is 0.121 e. The lowest BCUT2D eigenvalue weighted by Crippen LogP contribution is -2.42. The molecule has 0 bridgehead atoms. The average molecular weight is 327 g/mol. The molecule has 2 N–H and O–H groups in total. The van der Waals surface area contributed by atoms with E-state index in [-0.39, 0.29) is 0 Å². The Morgan fingerprint density at radius 1 is 1.25 bits per heavy atom. The highest BCUT2D eigenvalue weighted by Gasteiger charge is 2.17. The Morgan fingerprint density at radius 3 is 2.83 bits per heavy atom. The first-order chi connectivity index (χ1) is 11.8. The SMILES string of the molecule is CC[C@@H](CNc1cc(OC)cc2cccnc12)NC1CCCCC1. The van der Waals surface area contributed by atoms with Gasteiger partial charge < -0.3 is 15.4 Å². The molecule has 1 aliphatic rings. The normalized spacial score (nSPS) is 16.9. The number of rotatable bonds is 7. The molecule has 1 heterocycles. The molecule has 0 aliphatic heterocycles. The Morgan fingerprint density at radius 2 is 2.08 bits per heavy atom. The minimum atomic E-state index is 0.484. The zero-order chi connectivity index (χ0) is 16.8. The third-order valence-electron chi connectivity index (χ3n) is 5.02. The van der Waals surface area contributed by atoms with Gasteiger partial charge >= 0.3 is 0 Å². The van der Waals surface area contributed by atoms with Crippen LogP contribution in [0.5, 0.6) is 5.75 Å². The van der Waals surface area contributed by atoms with Crippen molar-refractivity contribution < 1.29 is 4.74 Å². The van der Waals surface area contributed by atoms with Crippen molar-refractivity contribution >= 4 is 16.6 Å². The van der Waals surface area contributed by atoms with Crippen LogP contribution in [0.2, 0.25) is 0 Å². The molecule has 0 radical (unpaired) electrons. The third-order valence-corrected chi connectivity index (χ3v) is 5.02. The first-order valence-electron chi connectivity index (χ1n) is 9.23. The van der Waals surface area contributed by atoms with Crippen LogP contribution in [-0.4, -0.2) is 30.7 Å². The lowest BCUT2D eigenvalue weighted by Gasteiger charge is -2.28. The van der Waals surface area contributed by atoms with Crippen LogP contribution in [0, 0.1) is 0 Å². The summed E-state index contributed by atoms with van der Waals surface area (Å²) in [5, 5.41) is 8.54. The van der Waals surface area contributed by atoms with E-state index in [9.17, 15) is 0 Å². The summed E-state index contributed by atoms with van der Waals surface area (Å²) in [6.07, 6.45) is 9.74. The highest BCUT2D eigenvalue weighted by atomic mass is 16.5. The number of ether oxygens (including phenoxy) is 1. The zero-order valence-electron chi connectivity index (χ0n) is 14.8. The Kier molecular flexibility index (Phi) is 5.91. The van der Waals surface area contributed by atoms with Crippen LogP contribution in [0.3, 0.4) is 0 Å². The highest BCUT2D eigenvalue weighted by Crippen LogP contribution is 2.27. The Bertz CT molecular complexity index is 652. The van der Waals surface area contributed by atoms with Gasteiger partial charge in [0.2, 0.25) is 0 Å². The number of hydrogen-bond acceptors (Lipinski definition) is 4. The van der Waals surface area contributed by atoms with Gasteiger partial charge in [-0.3, -0.25) is 4.98 Å². The summed E-state index contributed by atoms with van der Waals surface area (Å²) < 4.78 is 5.43. The number of pyridine rings is 1. The molecule has 0 spiro atoms. The number of hydrogen-bond donors (Lipinski definition) is 2. The van der Waals surface area contributed by atoms with Crippen LogP contribution in [0.1, 0.15) is 45.4 Å². The lowest BCUT2D eigenvalue weighted by atomic mass is 9.94. The van der Waals surface area contributed by atoms with E-state index in [4.69, 9.17) is 4.74 Å². The fraction of sp³-hybridized carbons (Fsp3) is 0.550. The maximum atomic E-state index is 5.43. The molecule has 4 nitrogen and oxygen atoms in total. The van der Waals surface area contributed by atoms with E-state index in [0.717, 1.165) is 35.3 Å². The summed E-state index contributed by atoms with van der Waals surface area (Å²) in [6.45, 7) is 3.16. The van der Waals surface area contributed by atoms with Crippen LogP contribution in [-0.2, 0) is 0 Å². The van der Waals surface area contributed by atoms with Crippen molar-refractivity contribution in [2.45, 2.75) is 57.5 Å². The smallest absolute Gasteiger partial charge is 0.121 e. The molecule has 3 rings (SSSR count). The van der Waals surface area contributed by atoms with E-state index in [1.165, 1.54) is 32.1 Å². The van der Waals surface area contributed by atoms with Crippen LogP contribution < -0.4 is 15.4 Å². The van der Waals surface area contributed by atoms with Crippen LogP contribution >= 0.6 is 0 Å². The van der Waals surface area contributed by atoms with Gasteiger partial charge in [0.25, 0.3) is 0 Å². The molecule has 24 heavy (non-hydrogen) atoms. The number of methoxy groups -OCH3 is 1. The molecule has 1 fully saturated rings. The van der Waals surface area contributed by atoms with Crippen LogP contribution in [0.15, 0.2) is 30.5 Å². The standard InChI is InChI=1S/C20H29N3O/c1-3-16(23-17-9-5-4-6-10-17)14-22-19-13-18(24-2)12-15-8-7-11-21-20(15)19/h7-8,11-13,16-17,22-23H,3-6,9-10,14H2,1-2H3/t16-/m0/s1. The van der Waals surface area contributed by atoms with E-state index >= 15 is 0 Å². The highest BCUT2D eigenvalue weighted by molar-refractivity contribution is 5.91. The summed E-state index contributed by atoms with van der Waals surface area (Å²) in [5.74, 6) is 0.867. The molecule has 0 amide bonds. The van der Waals surface area contributed by atoms with Gasteiger partial charge in [-0.1, -0.05) is 32.3 Å². The third kappa shape index (κ3) is 4.18. The second-order valence-corrected chi connectivity index (χ2v) is 6.74. The first-order valence-corrected chi connectivity index (χ1v) is 9.23. The molecule has 1 saturated carbocycles. The van der Waals surface area contributed by atoms with Crippen molar-refractivity contribution in [1.29, 1.82) is 0 Å². The largest absolute Gasteiger partial charge is 0.497 e. The van der Waals surface area contributed by atoms with Gasteiger partial charge in [-0.05, 0) is 31.4 Å². The molecule has 2 aromatic rings. The van der Waals surface area contributed by atoms with Crippen molar-refractivity contribution in [1.82, 2.24) is 10.3 Å². The van der Waals surface area contributed by atoms with E-state index in [2.05, 4.69) is 28.6 Å². The summed E-state index contributed by atoms with van der Waals surface area (Å²) >= 11 is 0. The summed E-state index contributed by atoms with van der Waals surface area (Å²) in [7, 11) is 1.71. The summed E-state index contributed by atoms with van der Waals surface area (Å²) in [4.78, 5) is 4.54. The second-order valence-electron chi connectivity index (χ2n) is 6.74. The number of anilines is 1. The van der Waals surface area contributed by atoms with Crippen molar-refractivity contribution in [3.8, 4) is 5.75 Å². The van der Waals surface area contributed by atoms with E-state index in [0.29, 0.717) is 12.1 Å². The Hall–Kier alpha value is -1.81. The van der Waals surface area contributed by atoms with Crippen molar-refractivity contribution in [3.05, 3.63) is 30.5 Å². The summed E-state index contributed by atoms with van der Waals surface area (Å²) in [6, 6.07) is 9.29. The molecule has 1 aromatic heterocycles. The lowest BCUT2D eigenvalue weighted by molar-refractivity contribution is 0.336. The number of fused-ring (bicyclic) bond motifs is 1. The molecule has 1 aromatic carbocycles. The molecule has 130 valence electrons. The van der Waals surface area contributed by atoms with Crippen LogP contribution in [0.25, 0.3) is 10.9 Å². The fourth-order valence-corrected chi connectivity index (χ4v) is 3.57. The quantitative estimate of drug-likeness (QED) is 0.793. The fourth-order valence-electron chi connectivity index (χ4n) is 3.57.